The number of hydroxylamine groups is 1. The first-order chi connectivity index (χ1) is 18.8. The van der Waals surface area contributed by atoms with E-state index in [1.807, 2.05) is 0 Å². The van der Waals surface area contributed by atoms with Gasteiger partial charge in [0.25, 0.3) is 11.5 Å². The Morgan fingerprint density at radius 3 is 2.58 bits per heavy atom. The fourth-order valence-corrected chi connectivity index (χ4v) is 4.36. The average molecular weight is 578 g/mol. The third-order valence-electron chi connectivity index (χ3n) is 6.18. The molecule has 10 nitrogen and oxygen atoms in total. The summed E-state index contributed by atoms with van der Waals surface area (Å²) in [7, 11) is 1.23. The Balaban J connectivity index is 1.80. The van der Waals surface area contributed by atoms with Crippen molar-refractivity contribution in [3.63, 3.8) is 0 Å². The first-order valence-corrected chi connectivity index (χ1v) is 12.0. The highest BCUT2D eigenvalue weighted by Crippen LogP contribution is 2.41. The molecule has 14 heteroatoms. The normalized spacial score (nSPS) is 17.2. The Morgan fingerprint density at radius 1 is 1.25 bits per heavy atom. The Kier molecular flexibility index (Phi) is 7.89. The molecule has 3 aromatic rings. The minimum absolute atomic E-state index is 0.0183. The van der Waals surface area contributed by atoms with Crippen LogP contribution < -0.4 is 26.8 Å². The zero-order valence-corrected chi connectivity index (χ0v) is 21.8. The standard InChI is InChI=1S/C26H23ClF3N5O5/c1-25(7-8-40-34-25)11-20(24(38)33-15-4-6-19(23(31)37)32-12-15)35-13-21(39-2)17(10-22(35)36)16-9-14(27)3-5-18(16)26(28,29)30/h3-10,12-13,20,34H,11H2,1-2H3,(H2,31,37)(H,33,38). The molecule has 0 radical (unpaired) electrons. The fraction of sp³-hybridized carbons (Fsp3) is 0.231. The number of halogens is 4. The largest absolute Gasteiger partial charge is 0.495 e. The molecule has 1 aromatic carbocycles. The van der Waals surface area contributed by atoms with E-state index in [1.54, 1.807) is 13.0 Å². The van der Waals surface area contributed by atoms with Gasteiger partial charge in [-0.2, -0.15) is 13.2 Å². The molecular formula is C26H23ClF3N5O5. The van der Waals surface area contributed by atoms with E-state index in [0.29, 0.717) is 0 Å². The molecule has 0 saturated carbocycles. The van der Waals surface area contributed by atoms with Gasteiger partial charge in [0.2, 0.25) is 5.91 Å². The van der Waals surface area contributed by atoms with E-state index >= 15 is 0 Å². The van der Waals surface area contributed by atoms with Crippen LogP contribution in [0.1, 0.15) is 35.4 Å². The number of carbonyl (C=O) groups excluding carboxylic acids is 2. The Bertz CT molecular complexity index is 1540. The summed E-state index contributed by atoms with van der Waals surface area (Å²) >= 11 is 5.99. The van der Waals surface area contributed by atoms with Gasteiger partial charge in [-0.05, 0) is 48.9 Å². The number of ether oxygens (including phenoxy) is 1. The van der Waals surface area contributed by atoms with Gasteiger partial charge in [-0.1, -0.05) is 11.6 Å². The van der Waals surface area contributed by atoms with E-state index in [1.165, 1.54) is 37.9 Å². The second-order valence-corrected chi connectivity index (χ2v) is 9.57. The molecule has 2 aromatic heterocycles. The number of nitrogens with zero attached hydrogens (tertiary/aromatic N) is 2. The van der Waals surface area contributed by atoms with Gasteiger partial charge in [-0.15, -0.1) is 5.48 Å². The quantitative estimate of drug-likeness (QED) is 0.367. The maximum Gasteiger partial charge on any atom is 0.417 e. The van der Waals surface area contributed by atoms with Crippen LogP contribution in [0.3, 0.4) is 0 Å². The van der Waals surface area contributed by atoms with E-state index in [9.17, 15) is 27.6 Å². The summed E-state index contributed by atoms with van der Waals surface area (Å²) in [6.07, 6.45) is 0.656. The average Bonchev–Trinajstić information content (AvgIpc) is 3.33. The maximum atomic E-state index is 13.8. The van der Waals surface area contributed by atoms with Crippen molar-refractivity contribution in [1.29, 1.82) is 0 Å². The fourth-order valence-electron chi connectivity index (χ4n) is 4.19. The first kappa shape index (κ1) is 28.6. The van der Waals surface area contributed by atoms with Crippen molar-refractivity contribution in [2.75, 3.05) is 12.4 Å². The van der Waals surface area contributed by atoms with Gasteiger partial charge in [0.15, 0.2) is 0 Å². The molecule has 0 saturated heterocycles. The molecule has 40 heavy (non-hydrogen) atoms. The number of aromatic nitrogens is 2. The molecule has 2 unspecified atom stereocenters. The number of anilines is 1. The molecule has 3 heterocycles. The van der Waals surface area contributed by atoms with Gasteiger partial charge >= 0.3 is 6.18 Å². The van der Waals surface area contributed by atoms with Gasteiger partial charge in [0.05, 0.1) is 36.3 Å². The lowest BCUT2D eigenvalue weighted by molar-refractivity contribution is -0.137. The number of nitrogens with one attached hydrogen (secondary N) is 2. The molecule has 0 fully saturated rings. The molecule has 2 amide bonds. The Morgan fingerprint density at radius 2 is 2.00 bits per heavy atom. The number of nitrogens with two attached hydrogens (primary N) is 1. The lowest BCUT2D eigenvalue weighted by Crippen LogP contribution is -2.43. The summed E-state index contributed by atoms with van der Waals surface area (Å²) in [5.74, 6) is -1.52. The number of carbonyl (C=O) groups is 2. The summed E-state index contributed by atoms with van der Waals surface area (Å²) in [6.45, 7) is 1.72. The van der Waals surface area contributed by atoms with Crippen LogP contribution in [0.4, 0.5) is 18.9 Å². The summed E-state index contributed by atoms with van der Waals surface area (Å²) < 4.78 is 47.8. The van der Waals surface area contributed by atoms with Crippen molar-refractivity contribution in [1.82, 2.24) is 15.0 Å². The van der Waals surface area contributed by atoms with E-state index < -0.39 is 40.7 Å². The van der Waals surface area contributed by atoms with Crippen molar-refractivity contribution >= 4 is 29.1 Å². The van der Waals surface area contributed by atoms with E-state index in [4.69, 9.17) is 26.9 Å². The van der Waals surface area contributed by atoms with Crippen LogP contribution in [0, 0.1) is 0 Å². The molecule has 0 bridgehead atoms. The highest BCUT2D eigenvalue weighted by molar-refractivity contribution is 6.30. The van der Waals surface area contributed by atoms with Crippen LogP contribution in [-0.2, 0) is 15.8 Å². The number of pyridine rings is 2. The topological polar surface area (TPSA) is 138 Å². The van der Waals surface area contributed by atoms with E-state index in [0.717, 1.165) is 28.8 Å². The lowest BCUT2D eigenvalue weighted by Gasteiger charge is -2.28. The predicted octanol–water partition coefficient (Wildman–Crippen LogP) is 4.07. The summed E-state index contributed by atoms with van der Waals surface area (Å²) in [6, 6.07) is 5.47. The van der Waals surface area contributed by atoms with Crippen LogP contribution in [-0.4, -0.2) is 34.0 Å². The molecule has 210 valence electrons. The first-order valence-electron chi connectivity index (χ1n) is 11.7. The number of amides is 2. The van der Waals surface area contributed by atoms with Gasteiger partial charge in [0, 0.05) is 23.1 Å². The number of rotatable bonds is 8. The summed E-state index contributed by atoms with van der Waals surface area (Å²) in [5.41, 5.74) is 4.94. The van der Waals surface area contributed by atoms with Gasteiger partial charge in [0.1, 0.15) is 23.7 Å². The minimum atomic E-state index is -4.74. The predicted molar refractivity (Wildman–Crippen MR) is 140 cm³/mol. The smallest absolute Gasteiger partial charge is 0.417 e. The molecule has 0 aliphatic carbocycles. The molecule has 1 aliphatic rings. The highest BCUT2D eigenvalue weighted by Gasteiger charge is 2.37. The number of benzene rings is 1. The highest BCUT2D eigenvalue weighted by atomic mass is 35.5. The van der Waals surface area contributed by atoms with Crippen molar-refractivity contribution in [3.8, 4) is 16.9 Å². The zero-order valence-electron chi connectivity index (χ0n) is 21.1. The van der Waals surface area contributed by atoms with E-state index in [2.05, 4.69) is 15.8 Å². The van der Waals surface area contributed by atoms with Crippen molar-refractivity contribution in [2.24, 2.45) is 5.73 Å². The van der Waals surface area contributed by atoms with Gasteiger partial charge < -0.3 is 20.6 Å². The number of hydrogen-bond acceptors (Lipinski definition) is 7. The van der Waals surface area contributed by atoms with Crippen LogP contribution in [0.25, 0.3) is 11.1 Å². The zero-order chi connectivity index (χ0) is 29.2. The summed E-state index contributed by atoms with van der Waals surface area (Å²) in [4.78, 5) is 47.2. The molecule has 4 N–H and O–H groups in total. The number of hydrogen-bond donors (Lipinski definition) is 3. The lowest BCUT2D eigenvalue weighted by atomic mass is 9.93. The number of alkyl halides is 3. The van der Waals surface area contributed by atoms with Crippen LogP contribution >= 0.6 is 11.6 Å². The van der Waals surface area contributed by atoms with Crippen molar-refractivity contribution in [2.45, 2.75) is 31.1 Å². The maximum absolute atomic E-state index is 13.8. The molecule has 4 rings (SSSR count). The van der Waals surface area contributed by atoms with Gasteiger partial charge in [-0.25, -0.2) is 4.98 Å². The second kappa shape index (κ2) is 11.0. The van der Waals surface area contributed by atoms with Crippen molar-refractivity contribution < 1.29 is 32.3 Å². The van der Waals surface area contributed by atoms with E-state index in [-0.39, 0.29) is 39.7 Å². The molecular weight excluding hydrogens is 555 g/mol. The number of methoxy groups -OCH3 is 1. The van der Waals surface area contributed by atoms with Crippen LogP contribution in [0.15, 0.2) is 65.9 Å². The summed E-state index contributed by atoms with van der Waals surface area (Å²) in [5, 5.41) is 2.65. The SMILES string of the molecule is COc1cn(C(CC2(C)C=CON2)C(=O)Nc2ccc(C(N)=O)nc2)c(=O)cc1-c1cc(Cl)ccc1C(F)(F)F. The third kappa shape index (κ3) is 6.10. The molecule has 2 atom stereocenters. The van der Waals surface area contributed by atoms with Crippen LogP contribution in [0.5, 0.6) is 5.75 Å². The Hall–Kier alpha value is -4.36. The minimum Gasteiger partial charge on any atom is -0.495 e. The molecule has 1 aliphatic heterocycles. The van der Waals surface area contributed by atoms with Gasteiger partial charge in [-0.3, -0.25) is 19.0 Å². The second-order valence-electron chi connectivity index (χ2n) is 9.13. The van der Waals surface area contributed by atoms with Crippen molar-refractivity contribution in [3.05, 3.63) is 87.8 Å². The third-order valence-corrected chi connectivity index (χ3v) is 6.41. The Labute approximate surface area is 230 Å². The number of primary amides is 1. The molecule has 0 spiro atoms. The monoisotopic (exact) mass is 577 g/mol. The van der Waals surface area contributed by atoms with Crippen LogP contribution in [0.2, 0.25) is 5.02 Å².